The number of fused-ring (bicyclic) bond motifs is 3. The molecule has 3 heterocycles. The highest BCUT2D eigenvalue weighted by Crippen LogP contribution is 2.48. The molecular weight excluding hydrogens is 332 g/mol. The smallest absolute Gasteiger partial charge is 0.309 e. The first-order chi connectivity index (χ1) is 11.7. The fourth-order valence-corrected chi connectivity index (χ4v) is 3.07. The predicted molar refractivity (Wildman–Crippen MR) is 86.7 cm³/mol. The number of rotatable bonds is 4. The fraction of sp³-hybridized carbons (Fsp3) is 0.941. The highest BCUT2D eigenvalue weighted by atomic mass is 16.8. The second-order valence-corrected chi connectivity index (χ2v) is 7.33. The van der Waals surface area contributed by atoms with Gasteiger partial charge in [0.05, 0.1) is 12.0 Å². The molecule has 3 saturated heterocycles. The molecular formula is C17H30O8. The Bertz CT molecular complexity index is 477. The molecule has 2 N–H and O–H groups in total. The lowest BCUT2D eigenvalue weighted by atomic mass is 9.67. The summed E-state index contributed by atoms with van der Waals surface area (Å²) in [7, 11) is 0. The molecule has 0 radical (unpaired) electrons. The van der Waals surface area contributed by atoms with Gasteiger partial charge in [0.25, 0.3) is 0 Å². The lowest BCUT2D eigenvalue weighted by Gasteiger charge is -2.49. The van der Waals surface area contributed by atoms with Crippen LogP contribution in [0.3, 0.4) is 0 Å². The first-order valence-electron chi connectivity index (χ1n) is 8.74. The van der Waals surface area contributed by atoms with E-state index < -0.39 is 53.8 Å². The quantitative estimate of drug-likeness (QED) is 0.772. The molecule has 0 spiro atoms. The standard InChI is InChI=1S/C15H24O8.C2H6/c1-14(2,12(17)18)15(3,4)13-21-7(5-16)8-9(23-13)10-11(22-8)20-6-19-10;1-2/h7-11,13,16H,5-6H2,1-4H3,(H,17,18);1-2H3. The number of hydrogen-bond donors (Lipinski definition) is 2. The van der Waals surface area contributed by atoms with E-state index in [-0.39, 0.29) is 13.4 Å². The van der Waals surface area contributed by atoms with Gasteiger partial charge in [-0.3, -0.25) is 4.79 Å². The number of aliphatic hydroxyl groups excluding tert-OH is 1. The van der Waals surface area contributed by atoms with Crippen molar-refractivity contribution in [2.24, 2.45) is 10.8 Å². The van der Waals surface area contributed by atoms with E-state index in [1.807, 2.05) is 13.8 Å². The Morgan fingerprint density at radius 2 is 1.64 bits per heavy atom. The van der Waals surface area contributed by atoms with Crippen LogP contribution in [-0.2, 0) is 28.5 Å². The molecule has 0 bridgehead atoms. The normalized spacial score (nSPS) is 37.7. The van der Waals surface area contributed by atoms with E-state index in [1.54, 1.807) is 27.7 Å². The zero-order valence-corrected chi connectivity index (χ0v) is 15.7. The molecule has 3 aliphatic heterocycles. The third-order valence-electron chi connectivity index (χ3n) is 5.56. The van der Waals surface area contributed by atoms with Gasteiger partial charge in [0.2, 0.25) is 0 Å². The van der Waals surface area contributed by atoms with Crippen LogP contribution >= 0.6 is 0 Å². The van der Waals surface area contributed by atoms with Gasteiger partial charge in [-0.2, -0.15) is 0 Å². The van der Waals surface area contributed by atoms with E-state index in [1.165, 1.54) is 0 Å². The molecule has 3 aliphatic rings. The van der Waals surface area contributed by atoms with Crippen LogP contribution in [0.15, 0.2) is 0 Å². The minimum atomic E-state index is -1.10. The Labute approximate surface area is 148 Å². The largest absolute Gasteiger partial charge is 0.481 e. The van der Waals surface area contributed by atoms with Crippen LogP contribution in [0.4, 0.5) is 0 Å². The maximum Gasteiger partial charge on any atom is 0.309 e. The summed E-state index contributed by atoms with van der Waals surface area (Å²) in [6.45, 7) is 10.7. The van der Waals surface area contributed by atoms with Crippen molar-refractivity contribution in [3.8, 4) is 0 Å². The highest BCUT2D eigenvalue weighted by molar-refractivity contribution is 5.74. The van der Waals surface area contributed by atoms with Crippen LogP contribution in [0.1, 0.15) is 41.5 Å². The summed E-state index contributed by atoms with van der Waals surface area (Å²) in [4.78, 5) is 11.6. The Balaban J connectivity index is 0.00000109. The molecule has 0 aromatic heterocycles. The highest BCUT2D eigenvalue weighted by Gasteiger charge is 2.60. The minimum absolute atomic E-state index is 0.126. The van der Waals surface area contributed by atoms with Crippen molar-refractivity contribution in [2.45, 2.75) is 78.5 Å². The minimum Gasteiger partial charge on any atom is -0.481 e. The zero-order chi connectivity index (χ0) is 19.0. The summed E-state index contributed by atoms with van der Waals surface area (Å²) in [6, 6.07) is 0. The van der Waals surface area contributed by atoms with E-state index >= 15 is 0 Å². The van der Waals surface area contributed by atoms with Crippen molar-refractivity contribution in [3.63, 3.8) is 0 Å². The van der Waals surface area contributed by atoms with Crippen molar-refractivity contribution < 1.29 is 38.7 Å². The summed E-state index contributed by atoms with van der Waals surface area (Å²) in [5, 5.41) is 19.2. The molecule has 146 valence electrons. The Morgan fingerprint density at radius 3 is 2.20 bits per heavy atom. The molecule has 3 rings (SSSR count). The number of aliphatic carboxylic acids is 1. The molecule has 6 unspecified atom stereocenters. The predicted octanol–water partition coefficient (Wildman–Crippen LogP) is 1.35. The number of aliphatic hydroxyl groups is 1. The van der Waals surface area contributed by atoms with Gasteiger partial charge in [-0.15, -0.1) is 0 Å². The maximum absolute atomic E-state index is 11.6. The Kier molecular flexibility index (Phi) is 6.13. The lowest BCUT2D eigenvalue weighted by Crippen LogP contribution is -2.59. The third-order valence-corrected chi connectivity index (χ3v) is 5.56. The van der Waals surface area contributed by atoms with Crippen molar-refractivity contribution >= 4 is 5.97 Å². The van der Waals surface area contributed by atoms with Gasteiger partial charge in [-0.25, -0.2) is 0 Å². The van der Waals surface area contributed by atoms with Crippen molar-refractivity contribution in [2.75, 3.05) is 13.4 Å². The SMILES string of the molecule is CC.CC(C)(C(=O)O)C(C)(C)C1OC(CO)C2OC3OCOC3C2O1. The molecule has 8 nitrogen and oxygen atoms in total. The van der Waals surface area contributed by atoms with Crippen LogP contribution < -0.4 is 0 Å². The lowest BCUT2D eigenvalue weighted by molar-refractivity contribution is -0.333. The molecule has 3 fully saturated rings. The van der Waals surface area contributed by atoms with Gasteiger partial charge >= 0.3 is 5.97 Å². The van der Waals surface area contributed by atoms with Gasteiger partial charge in [0.1, 0.15) is 24.4 Å². The summed E-state index contributed by atoms with van der Waals surface area (Å²) in [6.07, 6.45) is -3.36. The second-order valence-electron chi connectivity index (χ2n) is 7.33. The summed E-state index contributed by atoms with van der Waals surface area (Å²) in [5.74, 6) is -0.946. The van der Waals surface area contributed by atoms with Crippen molar-refractivity contribution in [3.05, 3.63) is 0 Å². The van der Waals surface area contributed by atoms with Crippen molar-refractivity contribution in [1.82, 2.24) is 0 Å². The van der Waals surface area contributed by atoms with E-state index in [2.05, 4.69) is 0 Å². The monoisotopic (exact) mass is 362 g/mol. The van der Waals surface area contributed by atoms with Gasteiger partial charge in [0, 0.05) is 5.41 Å². The summed E-state index contributed by atoms with van der Waals surface area (Å²) in [5.41, 5.74) is -1.95. The Morgan fingerprint density at radius 1 is 1.00 bits per heavy atom. The molecule has 0 amide bonds. The summed E-state index contributed by atoms with van der Waals surface area (Å²) < 4.78 is 28.4. The number of carboxylic acid groups (broad SMARTS) is 1. The molecule has 6 atom stereocenters. The fourth-order valence-electron chi connectivity index (χ4n) is 3.07. The first-order valence-corrected chi connectivity index (χ1v) is 8.74. The van der Waals surface area contributed by atoms with E-state index in [0.29, 0.717) is 0 Å². The van der Waals surface area contributed by atoms with Crippen LogP contribution in [0.2, 0.25) is 0 Å². The van der Waals surface area contributed by atoms with E-state index in [9.17, 15) is 15.0 Å². The molecule has 8 heteroatoms. The van der Waals surface area contributed by atoms with Crippen LogP contribution in [0.25, 0.3) is 0 Å². The molecule has 25 heavy (non-hydrogen) atoms. The number of hydrogen-bond acceptors (Lipinski definition) is 7. The second kappa shape index (κ2) is 7.46. The first kappa shape index (κ1) is 20.5. The molecule has 0 aromatic carbocycles. The topological polar surface area (TPSA) is 104 Å². The van der Waals surface area contributed by atoms with Gasteiger partial charge in [0.15, 0.2) is 19.4 Å². The third kappa shape index (κ3) is 3.31. The Hall–Kier alpha value is -0.770. The molecule has 0 aliphatic carbocycles. The summed E-state index contributed by atoms with van der Waals surface area (Å²) >= 11 is 0. The van der Waals surface area contributed by atoms with Gasteiger partial charge < -0.3 is 33.9 Å². The number of ether oxygens (including phenoxy) is 5. The van der Waals surface area contributed by atoms with Crippen LogP contribution in [0.5, 0.6) is 0 Å². The van der Waals surface area contributed by atoms with E-state index in [4.69, 9.17) is 23.7 Å². The van der Waals surface area contributed by atoms with E-state index in [0.717, 1.165) is 0 Å². The van der Waals surface area contributed by atoms with Gasteiger partial charge in [-0.05, 0) is 13.8 Å². The zero-order valence-electron chi connectivity index (χ0n) is 15.7. The average Bonchev–Trinajstić information content (AvgIpc) is 3.16. The van der Waals surface area contributed by atoms with Crippen molar-refractivity contribution in [1.29, 1.82) is 0 Å². The number of carboxylic acids is 1. The van der Waals surface area contributed by atoms with Gasteiger partial charge in [-0.1, -0.05) is 27.7 Å². The van der Waals surface area contributed by atoms with Crippen LogP contribution in [0, 0.1) is 10.8 Å². The molecule has 0 saturated carbocycles. The molecule has 0 aromatic rings. The average molecular weight is 362 g/mol. The van der Waals surface area contributed by atoms with Crippen LogP contribution in [-0.4, -0.2) is 66.6 Å². The number of carbonyl (C=O) groups is 1. The maximum atomic E-state index is 11.6.